The Bertz CT molecular complexity index is 1120. The summed E-state index contributed by atoms with van der Waals surface area (Å²) in [5, 5.41) is 10.9. The Kier molecular flexibility index (Phi) is 10.1. The number of carbonyl (C=O) groups is 2. The first-order valence-electron chi connectivity index (χ1n) is 13.6. The fourth-order valence-corrected chi connectivity index (χ4v) is 4.89. The molecule has 0 spiro atoms. The van der Waals surface area contributed by atoms with Crippen LogP contribution in [0.5, 0.6) is 5.75 Å². The van der Waals surface area contributed by atoms with Crippen molar-refractivity contribution in [2.24, 2.45) is 0 Å². The number of morpholine rings is 1. The molecule has 2 aromatic rings. The molecule has 7 nitrogen and oxygen atoms in total. The van der Waals surface area contributed by atoms with E-state index in [4.69, 9.17) is 9.47 Å². The van der Waals surface area contributed by atoms with Crippen LogP contribution in [0.3, 0.4) is 0 Å². The molecule has 0 bridgehead atoms. The molecule has 0 aliphatic carbocycles. The monoisotopic (exact) mass is 518 g/mol. The van der Waals surface area contributed by atoms with Crippen LogP contribution in [0.15, 0.2) is 72.0 Å². The summed E-state index contributed by atoms with van der Waals surface area (Å²) in [4.78, 5) is 30.5. The number of allylic oxidation sites excluding steroid dienone is 1. The number of ether oxygens (including phenoxy) is 2. The summed E-state index contributed by atoms with van der Waals surface area (Å²) >= 11 is 0. The number of rotatable bonds is 13. The van der Waals surface area contributed by atoms with Crippen LogP contribution in [-0.2, 0) is 14.3 Å². The van der Waals surface area contributed by atoms with Gasteiger partial charge in [-0.3, -0.25) is 14.5 Å². The summed E-state index contributed by atoms with van der Waals surface area (Å²) in [5.41, 5.74) is 1.75. The van der Waals surface area contributed by atoms with E-state index in [1.165, 1.54) is 6.08 Å². The molecule has 1 unspecified atom stereocenters. The highest BCUT2D eigenvalue weighted by Crippen LogP contribution is 2.38. The summed E-state index contributed by atoms with van der Waals surface area (Å²) in [7, 11) is 0. The average Bonchev–Trinajstić information content (AvgIpc) is 3.21. The Labute approximate surface area is 225 Å². The summed E-state index contributed by atoms with van der Waals surface area (Å²) in [6.45, 7) is 7.23. The first kappa shape index (κ1) is 27.6. The van der Waals surface area contributed by atoms with Gasteiger partial charge in [-0.1, -0.05) is 68.3 Å². The molecule has 1 atom stereocenters. The second-order valence-corrected chi connectivity index (χ2v) is 9.70. The highest BCUT2D eigenvalue weighted by molar-refractivity contribution is 6.14. The zero-order valence-electron chi connectivity index (χ0n) is 22.2. The Morgan fingerprint density at radius 1 is 1.03 bits per heavy atom. The number of benzene rings is 2. The molecule has 0 saturated carbocycles. The van der Waals surface area contributed by atoms with Crippen LogP contribution in [0.1, 0.15) is 49.8 Å². The van der Waals surface area contributed by atoms with Gasteiger partial charge in [-0.15, -0.1) is 0 Å². The van der Waals surface area contributed by atoms with E-state index < -0.39 is 17.7 Å². The van der Waals surface area contributed by atoms with Crippen molar-refractivity contribution in [3.8, 4) is 5.75 Å². The summed E-state index contributed by atoms with van der Waals surface area (Å²) in [6, 6.07) is 16.3. The standard InChI is InChI=1S/C31H38N2O5/c1-2-3-7-21-38-26-14-12-25(13-15-26)29-28(27(34)16-11-24-9-5-4-6-10-24)30(35)31(36)33(29)18-8-17-32-19-22-37-23-20-32/h4-6,9-16,29,35H,2-3,7-8,17-23H2,1H3/b16-11+. The minimum absolute atomic E-state index is 0.116. The van der Waals surface area contributed by atoms with E-state index in [1.54, 1.807) is 11.0 Å². The van der Waals surface area contributed by atoms with Crippen molar-refractivity contribution >= 4 is 17.8 Å². The molecule has 1 fully saturated rings. The Balaban J connectivity index is 1.53. The molecule has 0 radical (unpaired) electrons. The molecule has 2 aliphatic heterocycles. The molecule has 2 heterocycles. The van der Waals surface area contributed by atoms with Crippen LogP contribution in [0.2, 0.25) is 0 Å². The SMILES string of the molecule is CCCCCOc1ccc(C2C(C(=O)/C=C/c3ccccc3)=C(O)C(=O)N2CCCN2CCOCC2)cc1. The van der Waals surface area contributed by atoms with Gasteiger partial charge in [-0.2, -0.15) is 0 Å². The highest BCUT2D eigenvalue weighted by Gasteiger charge is 2.42. The van der Waals surface area contributed by atoms with Crippen molar-refractivity contribution in [2.45, 2.75) is 38.6 Å². The largest absolute Gasteiger partial charge is 0.503 e. The smallest absolute Gasteiger partial charge is 0.290 e. The summed E-state index contributed by atoms with van der Waals surface area (Å²) in [5.74, 6) is -0.601. The Morgan fingerprint density at radius 2 is 1.76 bits per heavy atom. The van der Waals surface area contributed by atoms with Crippen LogP contribution in [0.4, 0.5) is 0 Å². The number of hydrogen-bond donors (Lipinski definition) is 1. The van der Waals surface area contributed by atoms with Gasteiger partial charge in [-0.05, 0) is 42.2 Å². The predicted molar refractivity (Wildman–Crippen MR) is 148 cm³/mol. The van der Waals surface area contributed by atoms with E-state index >= 15 is 0 Å². The van der Waals surface area contributed by atoms with Crippen LogP contribution >= 0.6 is 0 Å². The summed E-state index contributed by atoms with van der Waals surface area (Å²) in [6.07, 6.45) is 7.12. The number of aliphatic hydroxyl groups is 1. The first-order chi connectivity index (χ1) is 18.6. The van der Waals surface area contributed by atoms with Gasteiger partial charge in [-0.25, -0.2) is 0 Å². The van der Waals surface area contributed by atoms with Gasteiger partial charge in [0.15, 0.2) is 11.5 Å². The molecule has 1 saturated heterocycles. The number of aliphatic hydroxyl groups excluding tert-OH is 1. The van der Waals surface area contributed by atoms with Gasteiger partial charge >= 0.3 is 0 Å². The molecule has 4 rings (SSSR count). The maximum atomic E-state index is 13.4. The molecule has 2 aromatic carbocycles. The first-order valence-corrected chi connectivity index (χ1v) is 13.6. The van der Waals surface area contributed by atoms with E-state index in [0.29, 0.717) is 26.4 Å². The van der Waals surface area contributed by atoms with E-state index in [2.05, 4.69) is 11.8 Å². The number of ketones is 1. The predicted octanol–water partition coefficient (Wildman–Crippen LogP) is 4.96. The third kappa shape index (κ3) is 7.11. The number of carbonyl (C=O) groups excluding carboxylic acids is 2. The molecule has 1 amide bonds. The topological polar surface area (TPSA) is 79.3 Å². The third-order valence-electron chi connectivity index (χ3n) is 6.99. The lowest BCUT2D eigenvalue weighted by Gasteiger charge is -2.30. The molecule has 0 aromatic heterocycles. The Hall–Kier alpha value is -3.42. The van der Waals surface area contributed by atoms with Crippen molar-refractivity contribution < 1.29 is 24.2 Å². The fraction of sp³-hybridized carbons (Fsp3) is 0.419. The lowest BCUT2D eigenvalue weighted by molar-refractivity contribution is -0.129. The number of nitrogens with zero attached hydrogens (tertiary/aromatic N) is 2. The minimum Gasteiger partial charge on any atom is -0.503 e. The zero-order valence-corrected chi connectivity index (χ0v) is 22.2. The van der Waals surface area contributed by atoms with Gasteiger partial charge in [0.25, 0.3) is 5.91 Å². The van der Waals surface area contributed by atoms with Crippen molar-refractivity contribution in [3.63, 3.8) is 0 Å². The summed E-state index contributed by atoms with van der Waals surface area (Å²) < 4.78 is 11.3. The van der Waals surface area contributed by atoms with Gasteiger partial charge in [0.2, 0.25) is 0 Å². The van der Waals surface area contributed by atoms with Crippen LogP contribution < -0.4 is 4.74 Å². The lowest BCUT2D eigenvalue weighted by Crippen LogP contribution is -2.39. The van der Waals surface area contributed by atoms with E-state index in [1.807, 2.05) is 54.6 Å². The van der Waals surface area contributed by atoms with E-state index in [0.717, 1.165) is 62.2 Å². The van der Waals surface area contributed by atoms with Gasteiger partial charge in [0, 0.05) is 26.2 Å². The van der Waals surface area contributed by atoms with Gasteiger partial charge in [0.1, 0.15) is 5.75 Å². The number of unbranched alkanes of at least 4 members (excludes halogenated alkanes) is 2. The normalized spacial score (nSPS) is 18.5. The van der Waals surface area contributed by atoms with Gasteiger partial charge in [0.05, 0.1) is 31.4 Å². The molecule has 202 valence electrons. The molecule has 7 heteroatoms. The number of hydrogen-bond acceptors (Lipinski definition) is 6. The maximum absolute atomic E-state index is 13.4. The molecular formula is C31H38N2O5. The Morgan fingerprint density at radius 3 is 2.47 bits per heavy atom. The third-order valence-corrected chi connectivity index (χ3v) is 6.99. The second-order valence-electron chi connectivity index (χ2n) is 9.70. The zero-order chi connectivity index (χ0) is 26.7. The quantitative estimate of drug-likeness (QED) is 0.298. The minimum atomic E-state index is -0.658. The van der Waals surface area contributed by atoms with Crippen LogP contribution in [0.25, 0.3) is 6.08 Å². The van der Waals surface area contributed by atoms with Crippen molar-refractivity contribution in [1.29, 1.82) is 0 Å². The maximum Gasteiger partial charge on any atom is 0.290 e. The van der Waals surface area contributed by atoms with Crippen molar-refractivity contribution in [3.05, 3.63) is 83.1 Å². The van der Waals surface area contributed by atoms with Crippen LogP contribution in [-0.4, -0.2) is 72.6 Å². The van der Waals surface area contributed by atoms with Crippen LogP contribution in [0, 0.1) is 0 Å². The molecule has 2 aliphatic rings. The molecule has 38 heavy (non-hydrogen) atoms. The van der Waals surface area contributed by atoms with E-state index in [9.17, 15) is 14.7 Å². The van der Waals surface area contributed by atoms with E-state index in [-0.39, 0.29) is 11.4 Å². The van der Waals surface area contributed by atoms with Crippen molar-refractivity contribution in [1.82, 2.24) is 9.80 Å². The average molecular weight is 519 g/mol. The molecular weight excluding hydrogens is 480 g/mol. The number of amides is 1. The van der Waals surface area contributed by atoms with Crippen molar-refractivity contribution in [2.75, 3.05) is 46.0 Å². The highest BCUT2D eigenvalue weighted by atomic mass is 16.5. The molecule has 1 N–H and O–H groups in total. The van der Waals surface area contributed by atoms with Gasteiger partial charge < -0.3 is 19.5 Å². The second kappa shape index (κ2) is 13.9. The fourth-order valence-electron chi connectivity index (χ4n) is 4.89. The lowest BCUT2D eigenvalue weighted by atomic mass is 9.95.